The number of nitrogens with zero attached hydrogens (tertiary/aromatic N) is 5. The Morgan fingerprint density at radius 3 is 2.52 bits per heavy atom. The number of carbonyl (C=O) groups is 1. The lowest BCUT2D eigenvalue weighted by atomic mass is 10.2. The third-order valence-corrected chi connectivity index (χ3v) is 5.06. The van der Waals surface area contributed by atoms with Crippen LogP contribution in [0.4, 0.5) is 4.79 Å². The highest BCUT2D eigenvalue weighted by atomic mass is 35.5. The number of carbonyl (C=O) groups excluding carboxylic acids is 1. The molecule has 1 aliphatic rings. The second kappa shape index (κ2) is 8.09. The molecule has 0 bridgehead atoms. The molecule has 132 valence electrons. The molecule has 0 radical (unpaired) electrons. The molecular formula is C17H21ClN5OP. The first kappa shape index (κ1) is 18.1. The lowest BCUT2D eigenvalue weighted by molar-refractivity contribution is 0.134. The fourth-order valence-corrected chi connectivity index (χ4v) is 3.05. The van der Waals surface area contributed by atoms with Gasteiger partial charge in [0.05, 0.1) is 5.45 Å². The van der Waals surface area contributed by atoms with Crippen LogP contribution in [0.2, 0.25) is 5.02 Å². The van der Waals surface area contributed by atoms with Gasteiger partial charge in [0.25, 0.3) is 0 Å². The number of hydrogen-bond acceptors (Lipinski definition) is 4. The largest absolute Gasteiger partial charge is 0.344 e. The monoisotopic (exact) mass is 377 g/mol. The van der Waals surface area contributed by atoms with Crippen LogP contribution in [-0.4, -0.2) is 64.3 Å². The van der Waals surface area contributed by atoms with E-state index in [0.717, 1.165) is 30.1 Å². The molecule has 0 aliphatic carbocycles. The molecule has 3 rings (SSSR count). The van der Waals surface area contributed by atoms with E-state index in [0.29, 0.717) is 18.8 Å². The number of piperazine rings is 1. The van der Waals surface area contributed by atoms with Gasteiger partial charge >= 0.3 is 6.03 Å². The van der Waals surface area contributed by atoms with E-state index in [9.17, 15) is 4.79 Å². The average molecular weight is 378 g/mol. The zero-order valence-electron chi connectivity index (χ0n) is 14.1. The van der Waals surface area contributed by atoms with Gasteiger partial charge in [0.2, 0.25) is 0 Å². The van der Waals surface area contributed by atoms with Gasteiger partial charge in [-0.25, -0.2) is 4.79 Å². The van der Waals surface area contributed by atoms with Gasteiger partial charge in [-0.2, -0.15) is 9.78 Å². The van der Waals surface area contributed by atoms with E-state index in [1.165, 1.54) is 10.2 Å². The van der Waals surface area contributed by atoms with E-state index in [4.69, 9.17) is 11.6 Å². The summed E-state index contributed by atoms with van der Waals surface area (Å²) < 4.78 is 1.39. The maximum Gasteiger partial charge on any atom is 0.344 e. The molecule has 0 saturated carbocycles. The minimum absolute atomic E-state index is 0.0914. The summed E-state index contributed by atoms with van der Waals surface area (Å²) in [6.45, 7) is 3.94. The molecule has 1 aromatic carbocycles. The first-order valence-corrected chi connectivity index (χ1v) is 9.07. The van der Waals surface area contributed by atoms with Crippen LogP contribution in [0.3, 0.4) is 0 Å². The quantitative estimate of drug-likeness (QED) is 0.610. The van der Waals surface area contributed by atoms with Crippen molar-refractivity contribution in [3.63, 3.8) is 0 Å². The van der Waals surface area contributed by atoms with E-state index < -0.39 is 0 Å². The van der Waals surface area contributed by atoms with E-state index in [1.54, 1.807) is 19.3 Å². The smallest absolute Gasteiger partial charge is 0.320 e. The van der Waals surface area contributed by atoms with E-state index in [-0.39, 0.29) is 6.03 Å². The van der Waals surface area contributed by atoms with Gasteiger partial charge in [0, 0.05) is 51.0 Å². The average Bonchev–Trinajstić information content (AvgIpc) is 3.13. The van der Waals surface area contributed by atoms with Crippen molar-refractivity contribution in [1.29, 1.82) is 0 Å². The Morgan fingerprint density at radius 1 is 1.20 bits per heavy atom. The number of amides is 1. The molecule has 0 spiro atoms. The molecule has 6 nitrogen and oxygen atoms in total. The van der Waals surface area contributed by atoms with Crippen LogP contribution in [0.1, 0.15) is 11.3 Å². The summed E-state index contributed by atoms with van der Waals surface area (Å²) in [6, 6.07) is 9.61. The van der Waals surface area contributed by atoms with Crippen LogP contribution in [0.5, 0.6) is 0 Å². The third kappa shape index (κ3) is 4.46. The van der Waals surface area contributed by atoms with Gasteiger partial charge < -0.3 is 4.90 Å². The molecule has 1 unspecified atom stereocenters. The number of benzene rings is 1. The minimum Gasteiger partial charge on any atom is -0.320 e. The Balaban J connectivity index is 1.55. The van der Waals surface area contributed by atoms with E-state index in [1.807, 2.05) is 29.2 Å². The third-order valence-electron chi connectivity index (χ3n) is 4.25. The Kier molecular flexibility index (Phi) is 5.84. The number of aromatic nitrogens is 2. The van der Waals surface area contributed by atoms with Crippen molar-refractivity contribution in [1.82, 2.24) is 19.6 Å². The number of rotatable bonds is 3. The number of aliphatic imine (C=N–C) groups is 1. The van der Waals surface area contributed by atoms with Crippen molar-refractivity contribution in [3.05, 3.63) is 52.8 Å². The zero-order valence-corrected chi connectivity index (χ0v) is 16.0. The second-order valence-electron chi connectivity index (χ2n) is 5.93. The molecule has 8 heteroatoms. The summed E-state index contributed by atoms with van der Waals surface area (Å²) in [6.07, 6.45) is 1.69. The van der Waals surface area contributed by atoms with Crippen LogP contribution >= 0.6 is 20.8 Å². The fourth-order valence-electron chi connectivity index (χ4n) is 2.77. The maximum absolute atomic E-state index is 12.6. The first-order valence-electron chi connectivity index (χ1n) is 8.11. The lowest BCUT2D eigenvalue weighted by Gasteiger charge is -2.34. The lowest BCUT2D eigenvalue weighted by Crippen LogP contribution is -2.49. The van der Waals surface area contributed by atoms with Crippen LogP contribution in [0.15, 0.2) is 41.5 Å². The van der Waals surface area contributed by atoms with Crippen molar-refractivity contribution in [2.45, 2.75) is 6.54 Å². The summed E-state index contributed by atoms with van der Waals surface area (Å²) in [5.74, 6) is 0. The molecule has 0 N–H and O–H groups in total. The molecule has 1 fully saturated rings. The fraction of sp³-hybridized carbons (Fsp3) is 0.353. The van der Waals surface area contributed by atoms with Crippen molar-refractivity contribution >= 4 is 32.3 Å². The molecular weight excluding hydrogens is 357 g/mol. The van der Waals surface area contributed by atoms with Gasteiger partial charge in [0.15, 0.2) is 0 Å². The predicted octanol–water partition coefficient (Wildman–Crippen LogP) is 2.57. The van der Waals surface area contributed by atoms with Crippen LogP contribution in [0.25, 0.3) is 0 Å². The summed E-state index contributed by atoms with van der Waals surface area (Å²) in [7, 11) is 4.22. The highest BCUT2D eigenvalue weighted by Gasteiger charge is 2.23. The van der Waals surface area contributed by atoms with Gasteiger partial charge in [-0.05, 0) is 23.8 Å². The zero-order chi connectivity index (χ0) is 17.8. The Bertz CT molecular complexity index is 766. The Labute approximate surface area is 154 Å². The van der Waals surface area contributed by atoms with Gasteiger partial charge in [0.1, 0.15) is 5.69 Å². The van der Waals surface area contributed by atoms with Crippen LogP contribution in [-0.2, 0) is 6.54 Å². The molecule has 1 aromatic heterocycles. The van der Waals surface area contributed by atoms with E-state index in [2.05, 4.69) is 24.2 Å². The second-order valence-corrected chi connectivity index (χ2v) is 6.91. The summed E-state index contributed by atoms with van der Waals surface area (Å²) in [5.41, 5.74) is 2.66. The van der Waals surface area contributed by atoms with Gasteiger partial charge in [-0.1, -0.05) is 33.0 Å². The van der Waals surface area contributed by atoms with E-state index >= 15 is 0 Å². The summed E-state index contributed by atoms with van der Waals surface area (Å²) in [4.78, 5) is 20.8. The minimum atomic E-state index is -0.0914. The summed E-state index contributed by atoms with van der Waals surface area (Å²) >= 11 is 5.92. The molecule has 2 heterocycles. The van der Waals surface area contributed by atoms with Crippen molar-refractivity contribution in [2.75, 3.05) is 33.2 Å². The molecule has 1 atom stereocenters. The number of halogens is 1. The highest BCUT2D eigenvalue weighted by molar-refractivity contribution is 7.41. The van der Waals surface area contributed by atoms with Gasteiger partial charge in [-0.3, -0.25) is 9.89 Å². The van der Waals surface area contributed by atoms with Crippen molar-refractivity contribution < 1.29 is 4.79 Å². The number of hydrogen-bond donors (Lipinski definition) is 0. The molecule has 1 amide bonds. The molecule has 2 aromatic rings. The Morgan fingerprint density at radius 2 is 1.88 bits per heavy atom. The van der Waals surface area contributed by atoms with Crippen molar-refractivity contribution in [3.8, 4) is 0 Å². The Hall–Kier alpha value is -1.75. The van der Waals surface area contributed by atoms with Crippen LogP contribution in [0, 0.1) is 0 Å². The van der Waals surface area contributed by atoms with Crippen molar-refractivity contribution in [2.24, 2.45) is 4.99 Å². The standard InChI is InChI=1S/C17H21ClN5OP/c1-19-16(25)15-6-7-23(20-15)17(24)22-10-8-21(9-11-22)12-13-2-4-14(18)5-3-13/h2-7H,8-12,25H2,1H3. The highest BCUT2D eigenvalue weighted by Crippen LogP contribution is 2.13. The molecule has 25 heavy (non-hydrogen) atoms. The maximum atomic E-state index is 12.6. The van der Waals surface area contributed by atoms with Crippen LogP contribution < -0.4 is 0 Å². The van der Waals surface area contributed by atoms with Gasteiger partial charge in [-0.15, -0.1) is 0 Å². The first-order chi connectivity index (χ1) is 12.1. The predicted molar refractivity (Wildman–Crippen MR) is 103 cm³/mol. The topological polar surface area (TPSA) is 53.7 Å². The molecule has 1 aliphatic heterocycles. The SMILES string of the molecule is CN=C(P)c1ccn(C(=O)N2CCN(Cc3ccc(Cl)cc3)CC2)n1. The normalized spacial score (nSPS) is 16.3. The molecule has 1 saturated heterocycles. The summed E-state index contributed by atoms with van der Waals surface area (Å²) in [5, 5.41) is 5.05.